The summed E-state index contributed by atoms with van der Waals surface area (Å²) in [6.45, 7) is 9.01. The number of carbonyl (C=O) groups excluding carboxylic acids is 2. The SMILES string of the molecule is Cc1cc(C)nc(NC(=O)CN2CCN(c3ccc(C(C)C)cc3)C2=O)n1. The van der Waals surface area contributed by atoms with Crippen LogP contribution >= 0.6 is 0 Å². The second-order valence-electron chi connectivity index (χ2n) is 7.12. The van der Waals surface area contributed by atoms with E-state index in [0.29, 0.717) is 19.0 Å². The Kier molecular flexibility index (Phi) is 5.39. The van der Waals surface area contributed by atoms with Gasteiger partial charge in [-0.2, -0.15) is 0 Å². The van der Waals surface area contributed by atoms with Crippen LogP contribution in [0.2, 0.25) is 0 Å². The van der Waals surface area contributed by atoms with Gasteiger partial charge in [-0.15, -0.1) is 0 Å². The van der Waals surface area contributed by atoms with E-state index in [1.54, 1.807) is 4.90 Å². The first-order valence-corrected chi connectivity index (χ1v) is 9.12. The van der Waals surface area contributed by atoms with Crippen molar-refractivity contribution in [2.24, 2.45) is 0 Å². The Bertz CT molecular complexity index is 828. The first kappa shape index (κ1) is 18.8. The summed E-state index contributed by atoms with van der Waals surface area (Å²) in [5.41, 5.74) is 3.65. The van der Waals surface area contributed by atoms with E-state index < -0.39 is 0 Å². The summed E-state index contributed by atoms with van der Waals surface area (Å²) in [6, 6.07) is 9.67. The van der Waals surface area contributed by atoms with Gasteiger partial charge in [0.05, 0.1) is 0 Å². The Morgan fingerprint density at radius 1 is 1.11 bits per heavy atom. The van der Waals surface area contributed by atoms with Crippen molar-refractivity contribution >= 4 is 23.6 Å². The summed E-state index contributed by atoms with van der Waals surface area (Å²) in [4.78, 5) is 36.6. The van der Waals surface area contributed by atoms with Crippen LogP contribution in [0.5, 0.6) is 0 Å². The molecule has 1 N–H and O–H groups in total. The molecule has 1 aliphatic heterocycles. The molecule has 1 aromatic carbocycles. The minimum absolute atomic E-state index is 0.0181. The molecule has 0 spiro atoms. The van der Waals surface area contributed by atoms with Crippen LogP contribution in [0.25, 0.3) is 0 Å². The quantitative estimate of drug-likeness (QED) is 0.881. The van der Waals surface area contributed by atoms with E-state index >= 15 is 0 Å². The molecular formula is C20H25N5O2. The van der Waals surface area contributed by atoms with Crippen LogP contribution in [-0.4, -0.2) is 46.4 Å². The number of benzene rings is 1. The van der Waals surface area contributed by atoms with Crippen LogP contribution < -0.4 is 10.2 Å². The first-order valence-electron chi connectivity index (χ1n) is 9.12. The zero-order valence-corrected chi connectivity index (χ0v) is 16.2. The maximum Gasteiger partial charge on any atom is 0.325 e. The number of urea groups is 1. The van der Waals surface area contributed by atoms with E-state index in [-0.39, 0.29) is 24.4 Å². The largest absolute Gasteiger partial charge is 0.325 e. The van der Waals surface area contributed by atoms with Gasteiger partial charge in [0.2, 0.25) is 11.9 Å². The molecule has 0 unspecified atom stereocenters. The topological polar surface area (TPSA) is 78.4 Å². The summed E-state index contributed by atoms with van der Waals surface area (Å²) >= 11 is 0. The Labute approximate surface area is 159 Å². The lowest BCUT2D eigenvalue weighted by molar-refractivity contribution is -0.116. The van der Waals surface area contributed by atoms with Gasteiger partial charge in [0.1, 0.15) is 6.54 Å². The van der Waals surface area contributed by atoms with Crippen molar-refractivity contribution in [1.82, 2.24) is 14.9 Å². The smallest absolute Gasteiger partial charge is 0.313 e. The zero-order chi connectivity index (χ0) is 19.6. The van der Waals surface area contributed by atoms with E-state index in [1.807, 2.05) is 44.2 Å². The Morgan fingerprint density at radius 2 is 1.74 bits per heavy atom. The number of amides is 3. The normalized spacial score (nSPS) is 14.2. The fourth-order valence-electron chi connectivity index (χ4n) is 3.13. The summed E-state index contributed by atoms with van der Waals surface area (Å²) < 4.78 is 0. The molecular weight excluding hydrogens is 342 g/mol. The van der Waals surface area contributed by atoms with Gasteiger partial charge in [0, 0.05) is 30.2 Å². The van der Waals surface area contributed by atoms with Crippen LogP contribution in [0.15, 0.2) is 30.3 Å². The lowest BCUT2D eigenvalue weighted by atomic mass is 10.0. The number of aryl methyl sites for hydroxylation is 2. The number of anilines is 2. The van der Waals surface area contributed by atoms with E-state index in [1.165, 1.54) is 10.5 Å². The van der Waals surface area contributed by atoms with Crippen molar-refractivity contribution in [3.05, 3.63) is 47.3 Å². The molecule has 2 aromatic rings. The molecule has 2 heterocycles. The van der Waals surface area contributed by atoms with Crippen molar-refractivity contribution in [1.29, 1.82) is 0 Å². The molecule has 1 saturated heterocycles. The minimum Gasteiger partial charge on any atom is -0.313 e. The fourth-order valence-corrected chi connectivity index (χ4v) is 3.13. The van der Waals surface area contributed by atoms with Crippen LogP contribution in [0.4, 0.5) is 16.4 Å². The van der Waals surface area contributed by atoms with Crippen LogP contribution in [-0.2, 0) is 4.79 Å². The van der Waals surface area contributed by atoms with Crippen molar-refractivity contribution in [3.63, 3.8) is 0 Å². The summed E-state index contributed by atoms with van der Waals surface area (Å²) in [5, 5.41) is 2.67. The van der Waals surface area contributed by atoms with Gasteiger partial charge >= 0.3 is 6.03 Å². The molecule has 0 atom stereocenters. The van der Waals surface area contributed by atoms with Crippen LogP contribution in [0, 0.1) is 13.8 Å². The van der Waals surface area contributed by atoms with Gasteiger partial charge in [-0.25, -0.2) is 14.8 Å². The molecule has 0 radical (unpaired) electrons. The molecule has 27 heavy (non-hydrogen) atoms. The molecule has 3 rings (SSSR count). The molecule has 1 aliphatic rings. The molecule has 142 valence electrons. The van der Waals surface area contributed by atoms with Gasteiger partial charge in [0.25, 0.3) is 0 Å². The number of rotatable bonds is 5. The molecule has 1 aromatic heterocycles. The minimum atomic E-state index is -0.301. The maximum atomic E-state index is 12.7. The lowest BCUT2D eigenvalue weighted by Gasteiger charge is -2.19. The summed E-state index contributed by atoms with van der Waals surface area (Å²) in [7, 11) is 0. The van der Waals surface area contributed by atoms with Crippen molar-refractivity contribution in [3.8, 4) is 0 Å². The van der Waals surface area contributed by atoms with Crippen molar-refractivity contribution in [2.45, 2.75) is 33.6 Å². The monoisotopic (exact) mass is 367 g/mol. The number of carbonyl (C=O) groups is 2. The van der Waals surface area contributed by atoms with Crippen molar-refractivity contribution in [2.75, 3.05) is 29.9 Å². The van der Waals surface area contributed by atoms with E-state index in [0.717, 1.165) is 17.1 Å². The van der Waals surface area contributed by atoms with E-state index in [2.05, 4.69) is 29.1 Å². The summed E-state index contributed by atoms with van der Waals surface area (Å²) in [5.74, 6) is 0.414. The molecule has 3 amide bonds. The van der Waals surface area contributed by atoms with E-state index in [4.69, 9.17) is 0 Å². The standard InChI is InChI=1S/C20H25N5O2/c1-13(2)16-5-7-17(8-6-16)25-10-9-24(20(25)27)12-18(26)23-19-21-14(3)11-15(4)22-19/h5-8,11,13H,9-10,12H2,1-4H3,(H,21,22,23,26). The number of nitrogens with zero attached hydrogens (tertiary/aromatic N) is 4. The third kappa shape index (κ3) is 4.42. The van der Waals surface area contributed by atoms with Crippen LogP contribution in [0.1, 0.15) is 36.7 Å². The molecule has 0 aliphatic carbocycles. The second kappa shape index (κ2) is 7.73. The van der Waals surface area contributed by atoms with Crippen LogP contribution in [0.3, 0.4) is 0 Å². The Hall–Kier alpha value is -2.96. The molecule has 1 fully saturated rings. The molecule has 0 bridgehead atoms. The second-order valence-corrected chi connectivity index (χ2v) is 7.12. The average Bonchev–Trinajstić information content (AvgIpc) is 2.94. The first-order chi connectivity index (χ1) is 12.8. The van der Waals surface area contributed by atoms with E-state index in [9.17, 15) is 9.59 Å². The predicted octanol–water partition coefficient (Wildman–Crippen LogP) is 3.10. The fraction of sp³-hybridized carbons (Fsp3) is 0.400. The number of hydrogen-bond donors (Lipinski definition) is 1. The Balaban J connectivity index is 1.62. The predicted molar refractivity (Wildman–Crippen MR) is 105 cm³/mol. The van der Waals surface area contributed by atoms with Gasteiger partial charge in [-0.1, -0.05) is 26.0 Å². The molecule has 0 saturated carbocycles. The average molecular weight is 367 g/mol. The third-order valence-corrected chi connectivity index (χ3v) is 4.53. The number of aromatic nitrogens is 2. The highest BCUT2D eigenvalue weighted by Gasteiger charge is 2.31. The van der Waals surface area contributed by atoms with Gasteiger partial charge < -0.3 is 4.90 Å². The highest BCUT2D eigenvalue weighted by molar-refractivity contribution is 5.98. The molecule has 7 nitrogen and oxygen atoms in total. The maximum absolute atomic E-state index is 12.7. The van der Waals surface area contributed by atoms with Gasteiger partial charge in [-0.3, -0.25) is 15.0 Å². The van der Waals surface area contributed by atoms with Gasteiger partial charge in [0.15, 0.2) is 0 Å². The summed E-state index contributed by atoms with van der Waals surface area (Å²) in [6.07, 6.45) is 0. The number of hydrogen-bond acceptors (Lipinski definition) is 4. The Morgan fingerprint density at radius 3 is 2.33 bits per heavy atom. The number of nitrogens with one attached hydrogen (secondary N) is 1. The zero-order valence-electron chi connectivity index (χ0n) is 16.2. The van der Waals surface area contributed by atoms with Gasteiger partial charge in [-0.05, 0) is 43.5 Å². The molecule has 7 heteroatoms. The third-order valence-electron chi connectivity index (χ3n) is 4.53. The highest BCUT2D eigenvalue weighted by Crippen LogP contribution is 2.23. The highest BCUT2D eigenvalue weighted by atomic mass is 16.2. The van der Waals surface area contributed by atoms with Crippen molar-refractivity contribution < 1.29 is 9.59 Å². The lowest BCUT2D eigenvalue weighted by Crippen LogP contribution is -2.37.